The third-order valence-corrected chi connectivity index (χ3v) is 4.57. The summed E-state index contributed by atoms with van der Waals surface area (Å²) in [6, 6.07) is 12.7. The molecule has 21 heavy (non-hydrogen) atoms. The van der Waals surface area contributed by atoms with Crippen molar-refractivity contribution in [2.45, 2.75) is 19.4 Å². The second-order valence-electron chi connectivity index (χ2n) is 5.13. The molecule has 2 aromatic carbocycles. The maximum absolute atomic E-state index is 6.31. The third-order valence-electron chi connectivity index (χ3n) is 3.68. The van der Waals surface area contributed by atoms with Gasteiger partial charge in [-0.2, -0.15) is 0 Å². The Bertz CT molecular complexity index is 659. The van der Waals surface area contributed by atoms with Crippen molar-refractivity contribution in [1.82, 2.24) is 5.32 Å². The molecule has 0 spiro atoms. The van der Waals surface area contributed by atoms with Crippen LogP contribution in [0, 0.1) is 3.57 Å². The maximum Gasteiger partial charge on any atom is 0.127 e. The smallest absolute Gasteiger partial charge is 0.127 e. The van der Waals surface area contributed by atoms with Crippen LogP contribution < -0.4 is 10.1 Å². The minimum absolute atomic E-state index is 0.107. The molecule has 0 radical (unpaired) electrons. The van der Waals surface area contributed by atoms with Crippen molar-refractivity contribution < 1.29 is 4.74 Å². The van der Waals surface area contributed by atoms with Gasteiger partial charge in [0.15, 0.2) is 0 Å². The van der Waals surface area contributed by atoms with Gasteiger partial charge in [-0.3, -0.25) is 0 Å². The summed E-state index contributed by atoms with van der Waals surface area (Å²) < 4.78 is 7.09. The minimum Gasteiger partial charge on any atom is -0.493 e. The standard InChI is InChI=1S/C17H17ClINO/c1-2-20-16(11-4-3-5-14(19)9-11)15-10-13(18)8-12-6-7-21-17(12)15/h3-5,8-10,16,20H,2,6-7H2,1H3. The summed E-state index contributed by atoms with van der Waals surface area (Å²) in [7, 11) is 0. The number of benzene rings is 2. The third kappa shape index (κ3) is 3.20. The van der Waals surface area contributed by atoms with Crippen LogP contribution in [-0.2, 0) is 6.42 Å². The van der Waals surface area contributed by atoms with Gasteiger partial charge in [0.2, 0.25) is 0 Å². The SMILES string of the molecule is CCNC(c1cccc(I)c1)c1cc(Cl)cc2c1OCC2. The molecule has 2 aromatic rings. The molecule has 1 N–H and O–H groups in total. The van der Waals surface area contributed by atoms with Gasteiger partial charge in [-0.25, -0.2) is 0 Å². The fourth-order valence-electron chi connectivity index (χ4n) is 2.81. The van der Waals surface area contributed by atoms with Gasteiger partial charge in [-0.15, -0.1) is 0 Å². The van der Waals surface area contributed by atoms with E-state index >= 15 is 0 Å². The number of nitrogens with one attached hydrogen (secondary N) is 1. The number of ether oxygens (including phenoxy) is 1. The molecule has 0 aliphatic carbocycles. The van der Waals surface area contributed by atoms with Crippen LogP contribution in [0.2, 0.25) is 5.02 Å². The van der Waals surface area contributed by atoms with Gasteiger partial charge < -0.3 is 10.1 Å². The van der Waals surface area contributed by atoms with Crippen LogP contribution in [0.3, 0.4) is 0 Å². The van der Waals surface area contributed by atoms with Crippen molar-refractivity contribution in [1.29, 1.82) is 0 Å². The topological polar surface area (TPSA) is 21.3 Å². The second kappa shape index (κ2) is 6.55. The molecule has 1 aliphatic heterocycles. The molecule has 1 atom stereocenters. The van der Waals surface area contributed by atoms with Crippen molar-refractivity contribution in [2.24, 2.45) is 0 Å². The molecular weight excluding hydrogens is 397 g/mol. The lowest BCUT2D eigenvalue weighted by atomic mass is 9.95. The molecule has 0 fully saturated rings. The molecule has 1 unspecified atom stereocenters. The van der Waals surface area contributed by atoms with E-state index in [1.54, 1.807) is 0 Å². The average molecular weight is 414 g/mol. The van der Waals surface area contributed by atoms with Crippen LogP contribution in [0.25, 0.3) is 0 Å². The molecule has 1 heterocycles. The van der Waals surface area contributed by atoms with Crippen molar-refractivity contribution in [2.75, 3.05) is 13.2 Å². The first kappa shape index (κ1) is 15.1. The number of hydrogen-bond acceptors (Lipinski definition) is 2. The molecular formula is C17H17ClINO. The molecule has 0 bridgehead atoms. The molecule has 0 saturated heterocycles. The Morgan fingerprint density at radius 2 is 2.19 bits per heavy atom. The first-order valence-electron chi connectivity index (χ1n) is 7.13. The largest absolute Gasteiger partial charge is 0.493 e. The zero-order valence-electron chi connectivity index (χ0n) is 11.8. The summed E-state index contributed by atoms with van der Waals surface area (Å²) in [5, 5.41) is 4.34. The van der Waals surface area contributed by atoms with Gasteiger partial charge in [-0.1, -0.05) is 30.7 Å². The van der Waals surface area contributed by atoms with E-state index in [-0.39, 0.29) is 6.04 Å². The molecule has 2 nitrogen and oxygen atoms in total. The van der Waals surface area contributed by atoms with E-state index in [0.29, 0.717) is 0 Å². The van der Waals surface area contributed by atoms with Crippen LogP contribution in [0.15, 0.2) is 36.4 Å². The van der Waals surface area contributed by atoms with Crippen molar-refractivity contribution in [3.05, 3.63) is 61.7 Å². The quantitative estimate of drug-likeness (QED) is 0.741. The predicted octanol–water partition coefficient (Wildman–Crippen LogP) is 4.58. The summed E-state index contributed by atoms with van der Waals surface area (Å²) >= 11 is 8.65. The summed E-state index contributed by atoms with van der Waals surface area (Å²) in [5.74, 6) is 1.00. The van der Waals surface area contributed by atoms with Gasteiger partial charge >= 0.3 is 0 Å². The van der Waals surface area contributed by atoms with Crippen LogP contribution in [0.5, 0.6) is 5.75 Å². The molecule has 0 amide bonds. The molecule has 4 heteroatoms. The Labute approximate surface area is 144 Å². The summed E-state index contributed by atoms with van der Waals surface area (Å²) in [6.45, 7) is 3.75. The van der Waals surface area contributed by atoms with E-state index in [1.807, 2.05) is 12.1 Å². The first-order chi connectivity index (χ1) is 10.2. The molecule has 0 saturated carbocycles. The van der Waals surface area contributed by atoms with E-state index in [4.69, 9.17) is 16.3 Å². The minimum atomic E-state index is 0.107. The van der Waals surface area contributed by atoms with Gasteiger partial charge in [0.1, 0.15) is 5.75 Å². The van der Waals surface area contributed by atoms with Gasteiger partial charge in [-0.05, 0) is 64.5 Å². The van der Waals surface area contributed by atoms with E-state index in [0.717, 1.165) is 35.9 Å². The van der Waals surface area contributed by atoms with Crippen LogP contribution in [-0.4, -0.2) is 13.2 Å². The Hall–Kier alpha value is -0.780. The van der Waals surface area contributed by atoms with Crippen molar-refractivity contribution >= 4 is 34.2 Å². The second-order valence-corrected chi connectivity index (χ2v) is 6.81. The van der Waals surface area contributed by atoms with Crippen LogP contribution in [0.1, 0.15) is 29.7 Å². The fourth-order valence-corrected chi connectivity index (χ4v) is 3.63. The Balaban J connectivity index is 2.10. The Kier molecular flexibility index (Phi) is 4.72. The summed E-state index contributed by atoms with van der Waals surface area (Å²) in [4.78, 5) is 0. The lowest BCUT2D eigenvalue weighted by molar-refractivity contribution is 0.350. The normalized spacial score (nSPS) is 14.6. The van der Waals surface area contributed by atoms with E-state index in [2.05, 4.69) is 59.1 Å². The highest BCUT2D eigenvalue weighted by atomic mass is 127. The molecule has 0 aromatic heterocycles. The molecule has 3 rings (SSSR count). The zero-order valence-corrected chi connectivity index (χ0v) is 14.7. The predicted molar refractivity (Wildman–Crippen MR) is 95.3 cm³/mol. The lowest BCUT2D eigenvalue weighted by Crippen LogP contribution is -2.22. The van der Waals surface area contributed by atoms with Gasteiger partial charge in [0, 0.05) is 20.6 Å². The number of fused-ring (bicyclic) bond motifs is 1. The van der Waals surface area contributed by atoms with Crippen molar-refractivity contribution in [3.8, 4) is 5.75 Å². The Morgan fingerprint density at radius 3 is 2.95 bits per heavy atom. The fraction of sp³-hybridized carbons (Fsp3) is 0.294. The van der Waals surface area contributed by atoms with Crippen molar-refractivity contribution in [3.63, 3.8) is 0 Å². The highest BCUT2D eigenvalue weighted by Gasteiger charge is 2.24. The Morgan fingerprint density at radius 1 is 1.33 bits per heavy atom. The van der Waals surface area contributed by atoms with Gasteiger partial charge in [0.05, 0.1) is 12.6 Å². The van der Waals surface area contributed by atoms with E-state index < -0.39 is 0 Å². The summed E-state index contributed by atoms with van der Waals surface area (Å²) in [6.07, 6.45) is 0.939. The number of halogens is 2. The van der Waals surface area contributed by atoms with E-state index in [1.165, 1.54) is 14.7 Å². The highest BCUT2D eigenvalue weighted by molar-refractivity contribution is 14.1. The zero-order chi connectivity index (χ0) is 14.8. The first-order valence-corrected chi connectivity index (χ1v) is 8.58. The lowest BCUT2D eigenvalue weighted by Gasteiger charge is -2.22. The molecule has 1 aliphatic rings. The summed E-state index contributed by atoms with van der Waals surface area (Å²) in [5.41, 5.74) is 3.59. The van der Waals surface area contributed by atoms with Crippen LogP contribution in [0.4, 0.5) is 0 Å². The number of rotatable bonds is 4. The van der Waals surface area contributed by atoms with Crippen LogP contribution >= 0.6 is 34.2 Å². The number of hydrogen-bond donors (Lipinski definition) is 1. The molecule has 110 valence electrons. The van der Waals surface area contributed by atoms with Gasteiger partial charge in [0.25, 0.3) is 0 Å². The monoisotopic (exact) mass is 413 g/mol. The highest BCUT2D eigenvalue weighted by Crippen LogP contribution is 2.38. The van der Waals surface area contributed by atoms with E-state index in [9.17, 15) is 0 Å². The maximum atomic E-state index is 6.31. The average Bonchev–Trinajstić information content (AvgIpc) is 2.92.